The molecule has 1 heterocycles. The highest BCUT2D eigenvalue weighted by atomic mass is 35.5. The van der Waals surface area contributed by atoms with Gasteiger partial charge in [-0.1, -0.05) is 29.8 Å². The van der Waals surface area contributed by atoms with Crippen LogP contribution in [-0.4, -0.2) is 43.0 Å². The number of nitrogens with one attached hydrogen (secondary N) is 1. The topological polar surface area (TPSA) is 95.9 Å². The summed E-state index contributed by atoms with van der Waals surface area (Å²) in [6.07, 6.45) is 0.813. The van der Waals surface area contributed by atoms with Crippen LogP contribution in [0.15, 0.2) is 53.4 Å². The first-order valence-corrected chi connectivity index (χ1v) is 10.6. The van der Waals surface area contributed by atoms with E-state index in [-0.39, 0.29) is 17.4 Å². The molecule has 1 aliphatic heterocycles. The lowest BCUT2D eigenvalue weighted by Gasteiger charge is -2.31. The number of hydroxylamine groups is 1. The highest BCUT2D eigenvalue weighted by Gasteiger charge is 2.31. The minimum atomic E-state index is -3.75. The first-order valence-electron chi connectivity index (χ1n) is 8.83. The van der Waals surface area contributed by atoms with Gasteiger partial charge in [-0.3, -0.25) is 10.0 Å². The lowest BCUT2D eigenvalue weighted by atomic mass is 10.1. The third-order valence-corrected chi connectivity index (χ3v) is 6.83. The van der Waals surface area contributed by atoms with Crippen LogP contribution in [0.25, 0.3) is 0 Å². The Morgan fingerprint density at radius 3 is 2.43 bits per heavy atom. The molecule has 0 aliphatic carbocycles. The fraction of sp³-hybridized carbons (Fsp3) is 0.316. The highest BCUT2D eigenvalue weighted by molar-refractivity contribution is 7.89. The number of nitrogens with zero attached hydrogens (tertiary/aromatic N) is 1. The van der Waals surface area contributed by atoms with E-state index in [4.69, 9.17) is 21.5 Å². The fourth-order valence-electron chi connectivity index (χ4n) is 3.15. The molecule has 0 radical (unpaired) electrons. The van der Waals surface area contributed by atoms with Gasteiger partial charge in [-0.2, -0.15) is 4.31 Å². The number of ether oxygens (including phenoxy) is 1. The lowest BCUT2D eigenvalue weighted by Crippen LogP contribution is -2.42. The molecule has 28 heavy (non-hydrogen) atoms. The van der Waals surface area contributed by atoms with Crippen molar-refractivity contribution in [2.24, 2.45) is 0 Å². The normalized spacial score (nSPS) is 15.9. The summed E-state index contributed by atoms with van der Waals surface area (Å²) < 4.78 is 33.4. The molecule has 9 heteroatoms. The Labute approximate surface area is 168 Å². The molecule has 3 rings (SSSR count). The zero-order chi connectivity index (χ0) is 20.1. The van der Waals surface area contributed by atoms with Gasteiger partial charge in [-0.15, -0.1) is 0 Å². The van der Waals surface area contributed by atoms with E-state index in [1.54, 1.807) is 42.5 Å². The number of carbonyl (C=O) groups excluding carboxylic acids is 1. The summed E-state index contributed by atoms with van der Waals surface area (Å²) in [5.41, 5.74) is 1.87. The number of piperidine rings is 1. The summed E-state index contributed by atoms with van der Waals surface area (Å²) in [4.78, 5) is 11.6. The Morgan fingerprint density at radius 2 is 1.79 bits per heavy atom. The minimum Gasteiger partial charge on any atom is -0.490 e. The van der Waals surface area contributed by atoms with Crippen molar-refractivity contribution in [3.8, 4) is 5.75 Å². The van der Waals surface area contributed by atoms with E-state index in [2.05, 4.69) is 0 Å². The molecule has 0 atom stereocenters. The number of sulfonamides is 1. The molecular weight excluding hydrogens is 404 g/mol. The second-order valence-electron chi connectivity index (χ2n) is 6.49. The number of hydrogen-bond donors (Lipinski definition) is 2. The zero-order valence-corrected chi connectivity index (χ0v) is 16.6. The quantitative estimate of drug-likeness (QED) is 0.549. The van der Waals surface area contributed by atoms with Crippen molar-refractivity contribution in [3.63, 3.8) is 0 Å². The molecule has 0 bridgehead atoms. The molecule has 1 fully saturated rings. The van der Waals surface area contributed by atoms with E-state index in [0.29, 0.717) is 42.3 Å². The number of hydrogen-bond acceptors (Lipinski definition) is 5. The second-order valence-corrected chi connectivity index (χ2v) is 8.84. The average Bonchev–Trinajstić information content (AvgIpc) is 2.70. The van der Waals surface area contributed by atoms with Crippen LogP contribution in [0.5, 0.6) is 5.75 Å². The Kier molecular flexibility index (Phi) is 6.56. The van der Waals surface area contributed by atoms with Crippen LogP contribution in [0.2, 0.25) is 5.02 Å². The van der Waals surface area contributed by atoms with E-state index in [1.807, 2.05) is 0 Å². The van der Waals surface area contributed by atoms with Crippen molar-refractivity contribution in [1.29, 1.82) is 0 Å². The Bertz CT molecular complexity index is 926. The molecule has 0 aromatic heterocycles. The summed E-state index contributed by atoms with van der Waals surface area (Å²) in [6, 6.07) is 13.4. The molecule has 1 aliphatic rings. The number of amides is 1. The molecule has 7 nitrogen and oxygen atoms in total. The van der Waals surface area contributed by atoms with Gasteiger partial charge in [0.05, 0.1) is 11.3 Å². The first-order chi connectivity index (χ1) is 13.4. The maximum Gasteiger partial charge on any atom is 0.247 e. The zero-order valence-electron chi connectivity index (χ0n) is 15.0. The molecule has 2 aromatic rings. The summed E-state index contributed by atoms with van der Waals surface area (Å²) in [5, 5.41) is 9.35. The molecule has 0 unspecified atom stereocenters. The molecule has 1 amide bonds. The van der Waals surface area contributed by atoms with Crippen molar-refractivity contribution in [2.75, 3.05) is 13.1 Å². The Hall–Kier alpha value is -2.13. The second kappa shape index (κ2) is 8.91. The average molecular weight is 425 g/mol. The van der Waals surface area contributed by atoms with E-state index in [9.17, 15) is 13.2 Å². The maximum atomic E-state index is 13.1. The van der Waals surface area contributed by atoms with Gasteiger partial charge >= 0.3 is 0 Å². The van der Waals surface area contributed by atoms with Crippen LogP contribution in [0.4, 0.5) is 0 Å². The van der Waals surface area contributed by atoms with Crippen LogP contribution in [0.1, 0.15) is 18.4 Å². The van der Waals surface area contributed by atoms with Crippen LogP contribution < -0.4 is 10.2 Å². The van der Waals surface area contributed by atoms with Crippen LogP contribution >= 0.6 is 11.6 Å². The number of benzene rings is 2. The van der Waals surface area contributed by atoms with Gasteiger partial charge < -0.3 is 4.74 Å². The first kappa shape index (κ1) is 20.6. The van der Waals surface area contributed by atoms with Crippen LogP contribution in [0.3, 0.4) is 0 Å². The van der Waals surface area contributed by atoms with Crippen molar-refractivity contribution < 1.29 is 23.2 Å². The molecule has 1 saturated heterocycles. The number of halogens is 1. The third-order valence-electron chi connectivity index (χ3n) is 4.58. The molecule has 2 N–H and O–H groups in total. The molecule has 150 valence electrons. The van der Waals surface area contributed by atoms with Gasteiger partial charge in [-0.25, -0.2) is 13.9 Å². The Balaban J connectivity index is 1.68. The van der Waals surface area contributed by atoms with Gasteiger partial charge in [0.15, 0.2) is 0 Å². The van der Waals surface area contributed by atoms with Gasteiger partial charge in [0.1, 0.15) is 11.9 Å². The maximum absolute atomic E-state index is 13.1. The Morgan fingerprint density at radius 1 is 1.14 bits per heavy atom. The van der Waals surface area contributed by atoms with E-state index in [1.165, 1.54) is 15.9 Å². The third kappa shape index (κ3) is 4.82. The van der Waals surface area contributed by atoms with Gasteiger partial charge in [-0.05, 0) is 48.7 Å². The van der Waals surface area contributed by atoms with Crippen molar-refractivity contribution in [3.05, 3.63) is 59.1 Å². The molecular formula is C19H21ClN2O5S. The van der Waals surface area contributed by atoms with Crippen molar-refractivity contribution in [2.45, 2.75) is 30.3 Å². The van der Waals surface area contributed by atoms with Crippen LogP contribution in [0, 0.1) is 0 Å². The summed E-state index contributed by atoms with van der Waals surface area (Å²) in [6.45, 7) is 0.641. The van der Waals surface area contributed by atoms with Gasteiger partial charge in [0.2, 0.25) is 15.9 Å². The summed E-state index contributed by atoms with van der Waals surface area (Å²) in [7, 11) is -3.75. The van der Waals surface area contributed by atoms with Crippen molar-refractivity contribution in [1.82, 2.24) is 9.79 Å². The molecule has 2 aromatic carbocycles. The lowest BCUT2D eigenvalue weighted by molar-refractivity contribution is -0.128. The molecule has 0 saturated carbocycles. The minimum absolute atomic E-state index is 0.0793. The predicted octanol–water partition coefficient (Wildman–Crippen LogP) is 2.62. The fourth-order valence-corrected chi connectivity index (χ4v) is 4.97. The van der Waals surface area contributed by atoms with Gasteiger partial charge in [0.25, 0.3) is 0 Å². The highest BCUT2D eigenvalue weighted by Crippen LogP contribution is 2.26. The predicted molar refractivity (Wildman–Crippen MR) is 104 cm³/mol. The number of rotatable bonds is 6. The largest absolute Gasteiger partial charge is 0.490 e. The van der Waals surface area contributed by atoms with Crippen LogP contribution in [-0.2, 0) is 21.2 Å². The standard InChI is InChI=1S/C19H21ClN2O5S/c20-15-5-7-16(8-6-15)27-17-9-11-22(12-10-17)28(25,26)18-4-2-1-3-14(18)13-19(23)21-24/h1-8,17,24H,9-13H2,(H,21,23). The SMILES string of the molecule is O=C(Cc1ccccc1S(=O)(=O)N1CCC(Oc2ccc(Cl)cc2)CC1)NO. The smallest absolute Gasteiger partial charge is 0.247 e. The summed E-state index contributed by atoms with van der Waals surface area (Å²) in [5.74, 6) is 0.0313. The van der Waals surface area contributed by atoms with E-state index < -0.39 is 15.9 Å². The van der Waals surface area contributed by atoms with Gasteiger partial charge in [0, 0.05) is 18.1 Å². The summed E-state index contributed by atoms with van der Waals surface area (Å²) >= 11 is 5.87. The van der Waals surface area contributed by atoms with E-state index in [0.717, 1.165) is 0 Å². The monoisotopic (exact) mass is 424 g/mol. The van der Waals surface area contributed by atoms with E-state index >= 15 is 0 Å². The number of carbonyl (C=O) groups is 1. The molecule has 0 spiro atoms. The van der Waals surface area contributed by atoms with Crippen molar-refractivity contribution >= 4 is 27.5 Å².